The molecule has 5 nitrogen and oxygen atoms in total. The van der Waals surface area contributed by atoms with Crippen molar-refractivity contribution in [2.24, 2.45) is 0 Å². The number of ether oxygens (including phenoxy) is 3. The zero-order valence-electron chi connectivity index (χ0n) is 20.5. The summed E-state index contributed by atoms with van der Waals surface area (Å²) >= 11 is 0. The molecule has 7 rings (SSSR count). The summed E-state index contributed by atoms with van der Waals surface area (Å²) in [5.74, 6) is 1.64. The third-order valence-electron chi connectivity index (χ3n) is 9.48. The summed E-state index contributed by atoms with van der Waals surface area (Å²) in [5.41, 5.74) is 4.30. The Morgan fingerprint density at radius 2 is 2.03 bits per heavy atom. The van der Waals surface area contributed by atoms with Gasteiger partial charge in [0.1, 0.15) is 12.7 Å². The largest absolute Gasteiger partial charge is 0.485 e. The highest BCUT2D eigenvalue weighted by molar-refractivity contribution is 5.65. The molecule has 2 saturated carbocycles. The summed E-state index contributed by atoms with van der Waals surface area (Å²) in [5, 5.41) is 11.3. The zero-order valence-corrected chi connectivity index (χ0v) is 20.5. The number of nitrogens with zero attached hydrogens (tertiary/aromatic N) is 1. The second-order valence-corrected chi connectivity index (χ2v) is 11.2. The Morgan fingerprint density at radius 1 is 1.20 bits per heavy atom. The molecule has 1 spiro atoms. The van der Waals surface area contributed by atoms with Crippen LogP contribution in [0.3, 0.4) is 0 Å². The fraction of sp³-hybridized carbons (Fsp3) is 0.533. The average Bonchev–Trinajstić information content (AvgIpc) is 3.65. The Balaban J connectivity index is 1.39. The van der Waals surface area contributed by atoms with E-state index in [1.54, 1.807) is 0 Å². The van der Waals surface area contributed by atoms with Gasteiger partial charge in [0.25, 0.3) is 0 Å². The van der Waals surface area contributed by atoms with Crippen molar-refractivity contribution in [1.29, 1.82) is 0 Å². The van der Waals surface area contributed by atoms with E-state index in [-0.39, 0.29) is 17.1 Å². The summed E-state index contributed by atoms with van der Waals surface area (Å²) in [6.45, 7) is 8.23. The number of aliphatic hydroxyl groups excluding tert-OH is 1. The van der Waals surface area contributed by atoms with Crippen LogP contribution in [-0.4, -0.2) is 53.1 Å². The highest BCUT2D eigenvalue weighted by atomic mass is 16.5. The van der Waals surface area contributed by atoms with Gasteiger partial charge in [-0.2, -0.15) is 0 Å². The van der Waals surface area contributed by atoms with Gasteiger partial charge in [-0.05, 0) is 74.8 Å². The molecule has 1 saturated heterocycles. The van der Waals surface area contributed by atoms with Crippen molar-refractivity contribution in [3.8, 4) is 11.5 Å². The lowest BCUT2D eigenvalue weighted by atomic mass is 9.48. The summed E-state index contributed by atoms with van der Waals surface area (Å²) < 4.78 is 20.1. The maximum atomic E-state index is 11.3. The van der Waals surface area contributed by atoms with E-state index in [1.807, 2.05) is 24.3 Å². The molecule has 184 valence electrons. The minimum absolute atomic E-state index is 0.301. The Bertz CT molecular complexity index is 1160. The van der Waals surface area contributed by atoms with E-state index in [9.17, 15) is 5.11 Å². The maximum absolute atomic E-state index is 11.3. The van der Waals surface area contributed by atoms with Gasteiger partial charge in [-0.1, -0.05) is 36.4 Å². The summed E-state index contributed by atoms with van der Waals surface area (Å²) in [6.07, 6.45) is 7.09. The van der Waals surface area contributed by atoms with E-state index in [0.29, 0.717) is 31.7 Å². The quantitative estimate of drug-likeness (QED) is 0.602. The summed E-state index contributed by atoms with van der Waals surface area (Å²) in [7, 11) is 0. The third-order valence-corrected chi connectivity index (χ3v) is 9.48. The van der Waals surface area contributed by atoms with Crippen LogP contribution < -0.4 is 9.47 Å². The van der Waals surface area contributed by atoms with Gasteiger partial charge >= 0.3 is 0 Å². The van der Waals surface area contributed by atoms with E-state index in [2.05, 4.69) is 36.6 Å². The molecule has 1 N–H and O–H groups in total. The molecule has 2 aromatic rings. The van der Waals surface area contributed by atoms with E-state index in [0.717, 1.165) is 42.9 Å². The number of hydrogen-bond acceptors (Lipinski definition) is 5. The first-order chi connectivity index (χ1) is 17.1. The molecule has 3 aliphatic carbocycles. The minimum atomic E-state index is -0.510. The van der Waals surface area contributed by atoms with Gasteiger partial charge in [0, 0.05) is 17.6 Å². The lowest BCUT2D eigenvalue weighted by molar-refractivity contribution is -0.229. The number of hydrogen-bond donors (Lipinski definition) is 1. The number of rotatable bonds is 7. The van der Waals surface area contributed by atoms with Crippen LogP contribution in [0.15, 0.2) is 49.1 Å². The molecule has 5 heteroatoms. The van der Waals surface area contributed by atoms with Gasteiger partial charge in [0.05, 0.1) is 23.7 Å². The van der Waals surface area contributed by atoms with Crippen molar-refractivity contribution in [2.75, 3.05) is 13.2 Å². The number of aliphatic hydroxyl groups is 1. The second kappa shape index (κ2) is 7.83. The first kappa shape index (κ1) is 21.9. The van der Waals surface area contributed by atoms with Crippen molar-refractivity contribution >= 4 is 0 Å². The molecule has 3 fully saturated rings. The monoisotopic (exact) mass is 473 g/mol. The smallest absolute Gasteiger partial charge is 0.166 e. The number of likely N-dealkylation sites (tertiary alicyclic amines) is 1. The van der Waals surface area contributed by atoms with E-state index >= 15 is 0 Å². The second-order valence-electron chi connectivity index (χ2n) is 11.2. The number of benzene rings is 2. The molecule has 2 heterocycles. The maximum Gasteiger partial charge on any atom is 0.166 e. The van der Waals surface area contributed by atoms with Crippen LogP contribution in [0.2, 0.25) is 0 Å². The molecule has 2 aliphatic heterocycles. The van der Waals surface area contributed by atoms with Gasteiger partial charge in [0.2, 0.25) is 0 Å². The van der Waals surface area contributed by atoms with Crippen molar-refractivity contribution in [2.45, 2.75) is 87.4 Å². The van der Waals surface area contributed by atoms with Crippen LogP contribution in [0.25, 0.3) is 0 Å². The highest BCUT2D eigenvalue weighted by Gasteiger charge is 2.74. The van der Waals surface area contributed by atoms with Crippen molar-refractivity contribution < 1.29 is 19.3 Å². The molecule has 0 radical (unpaired) electrons. The van der Waals surface area contributed by atoms with E-state index < -0.39 is 6.10 Å². The van der Waals surface area contributed by atoms with Gasteiger partial charge in [-0.15, -0.1) is 6.58 Å². The molecular weight excluding hydrogens is 438 g/mol. The van der Waals surface area contributed by atoms with E-state index in [4.69, 9.17) is 14.2 Å². The third kappa shape index (κ3) is 2.92. The SMILES string of the molecule is C=CCO[C@@]12CC[C@H](O)[C@@H]3Oc4c(OCc5ccccc5)cc(C)c5c4[C@@]31CCN(C1CC1)[C@@H]2C5. The molecule has 2 aromatic carbocycles. The van der Waals surface area contributed by atoms with Gasteiger partial charge in [-0.25, -0.2) is 0 Å². The molecule has 0 unspecified atom stereocenters. The Labute approximate surface area is 207 Å². The van der Waals surface area contributed by atoms with Crippen LogP contribution >= 0.6 is 0 Å². The Kier molecular flexibility index (Phi) is 4.90. The normalized spacial score (nSPS) is 34.7. The Morgan fingerprint density at radius 3 is 2.80 bits per heavy atom. The topological polar surface area (TPSA) is 51.2 Å². The zero-order chi connectivity index (χ0) is 23.8. The van der Waals surface area contributed by atoms with E-state index in [1.165, 1.54) is 29.5 Å². The van der Waals surface area contributed by atoms with Crippen molar-refractivity contribution in [3.05, 3.63) is 71.3 Å². The molecule has 0 amide bonds. The minimum Gasteiger partial charge on any atom is -0.485 e. The van der Waals surface area contributed by atoms with Crippen LogP contribution in [0, 0.1) is 6.92 Å². The molecular formula is C30H35NO4. The molecule has 5 atom stereocenters. The van der Waals surface area contributed by atoms with Gasteiger partial charge in [0.15, 0.2) is 11.5 Å². The van der Waals surface area contributed by atoms with Crippen LogP contribution in [0.1, 0.15) is 54.4 Å². The van der Waals surface area contributed by atoms with Crippen molar-refractivity contribution in [3.63, 3.8) is 0 Å². The van der Waals surface area contributed by atoms with Crippen LogP contribution in [0.5, 0.6) is 11.5 Å². The fourth-order valence-corrected chi connectivity index (χ4v) is 7.96. The van der Waals surface area contributed by atoms with Crippen LogP contribution in [-0.2, 0) is 23.2 Å². The molecule has 2 bridgehead atoms. The first-order valence-electron chi connectivity index (χ1n) is 13.3. The standard InChI is InChI=1S/C30H35NO4/c1-3-15-34-30-12-11-23(32)28-29(30)13-14-31(21-9-10-21)25(30)17-22-19(2)16-24(27(35-28)26(22)29)33-18-20-7-5-4-6-8-20/h3-8,16,21,23,25,28,32H,1,9-15,17-18H2,2H3/t23-,25+,28-,29-,30+/m0/s1. The summed E-state index contributed by atoms with van der Waals surface area (Å²) in [6, 6.07) is 13.4. The predicted molar refractivity (Wildman–Crippen MR) is 134 cm³/mol. The molecule has 5 aliphatic rings. The average molecular weight is 474 g/mol. The highest BCUT2D eigenvalue weighted by Crippen LogP contribution is 2.67. The predicted octanol–water partition coefficient (Wildman–Crippen LogP) is 4.46. The Hall–Kier alpha value is -2.34. The first-order valence-corrected chi connectivity index (χ1v) is 13.3. The lowest BCUT2D eigenvalue weighted by Gasteiger charge is -2.65. The number of piperidine rings is 1. The fourth-order valence-electron chi connectivity index (χ4n) is 7.96. The molecule has 35 heavy (non-hydrogen) atoms. The van der Waals surface area contributed by atoms with Crippen LogP contribution in [0.4, 0.5) is 0 Å². The molecule has 0 aromatic heterocycles. The van der Waals surface area contributed by atoms with Gasteiger partial charge in [-0.3, -0.25) is 4.90 Å². The number of aryl methyl sites for hydroxylation is 1. The van der Waals surface area contributed by atoms with Crippen molar-refractivity contribution in [1.82, 2.24) is 4.90 Å². The summed E-state index contributed by atoms with van der Waals surface area (Å²) in [4.78, 5) is 2.74. The van der Waals surface area contributed by atoms with Gasteiger partial charge < -0.3 is 19.3 Å². The lowest BCUT2D eigenvalue weighted by Crippen LogP contribution is -2.78.